The van der Waals surface area contributed by atoms with E-state index in [2.05, 4.69) is 21.2 Å². The minimum Gasteiger partial charge on any atom is -0.482 e. The first-order valence-corrected chi connectivity index (χ1v) is 6.33. The topological polar surface area (TPSA) is 78.8 Å². The Kier molecular flexibility index (Phi) is 6.42. The van der Waals surface area contributed by atoms with Gasteiger partial charge in [-0.15, -0.1) is 0 Å². The highest BCUT2D eigenvalue weighted by atomic mass is 79.9. The van der Waals surface area contributed by atoms with Crippen LogP contribution in [0.1, 0.15) is 0 Å². The fourth-order valence-electron chi connectivity index (χ4n) is 1.08. The number of hydrogen-bond acceptors (Lipinski definition) is 4. The molecule has 0 bridgehead atoms. The Balaban J connectivity index is 2.38. The van der Waals surface area contributed by atoms with Crippen molar-refractivity contribution in [1.29, 1.82) is 0 Å². The number of carbonyl (C=O) groups is 1. The summed E-state index contributed by atoms with van der Waals surface area (Å²) in [4.78, 5) is 11.3. The van der Waals surface area contributed by atoms with Crippen molar-refractivity contribution < 1.29 is 19.7 Å². The van der Waals surface area contributed by atoms with E-state index in [-0.39, 0.29) is 13.2 Å². The number of benzene rings is 1. The lowest BCUT2D eigenvalue weighted by molar-refractivity contribution is -0.123. The maximum absolute atomic E-state index is 11.3. The molecule has 7 heteroatoms. The van der Waals surface area contributed by atoms with E-state index in [0.717, 1.165) is 4.47 Å². The monoisotopic (exact) mass is 337 g/mol. The third kappa shape index (κ3) is 5.22. The Morgan fingerprint density at radius 2 is 2.28 bits per heavy atom. The van der Waals surface area contributed by atoms with Crippen LogP contribution < -0.4 is 10.1 Å². The summed E-state index contributed by atoms with van der Waals surface area (Å²) < 4.78 is 6.03. The predicted octanol–water partition coefficient (Wildman–Crippen LogP) is 0.951. The molecule has 1 atom stereocenters. The minimum absolute atomic E-state index is 0.0211. The maximum atomic E-state index is 11.3. The number of rotatable bonds is 6. The van der Waals surface area contributed by atoms with Gasteiger partial charge < -0.3 is 20.3 Å². The molecular formula is C11H13BrClNO4. The van der Waals surface area contributed by atoms with E-state index in [1.807, 2.05) is 0 Å². The molecule has 1 unspecified atom stereocenters. The van der Waals surface area contributed by atoms with E-state index in [0.29, 0.717) is 10.8 Å². The molecule has 1 rings (SSSR count). The average Bonchev–Trinajstić information content (AvgIpc) is 2.34. The Bertz CT molecular complexity index is 416. The van der Waals surface area contributed by atoms with Crippen LogP contribution in [-0.2, 0) is 4.79 Å². The molecule has 0 fully saturated rings. The summed E-state index contributed by atoms with van der Waals surface area (Å²) in [5.41, 5.74) is 0. The molecule has 0 saturated heterocycles. The molecule has 100 valence electrons. The first kappa shape index (κ1) is 15.2. The predicted molar refractivity (Wildman–Crippen MR) is 70.7 cm³/mol. The van der Waals surface area contributed by atoms with Gasteiger partial charge in [-0.05, 0) is 18.2 Å². The highest BCUT2D eigenvalue weighted by Gasteiger charge is 2.08. The van der Waals surface area contributed by atoms with E-state index in [4.69, 9.17) is 26.6 Å². The highest BCUT2D eigenvalue weighted by molar-refractivity contribution is 9.10. The molecule has 5 nitrogen and oxygen atoms in total. The van der Waals surface area contributed by atoms with Crippen molar-refractivity contribution in [2.75, 3.05) is 19.8 Å². The summed E-state index contributed by atoms with van der Waals surface area (Å²) in [5, 5.41) is 20.4. The summed E-state index contributed by atoms with van der Waals surface area (Å²) in [5.74, 6) is -0.000733. The Hall–Kier alpha value is -0.820. The second kappa shape index (κ2) is 7.58. The summed E-state index contributed by atoms with van der Waals surface area (Å²) in [7, 11) is 0. The van der Waals surface area contributed by atoms with Crippen LogP contribution in [0.15, 0.2) is 22.7 Å². The van der Waals surface area contributed by atoms with Crippen molar-refractivity contribution in [3.8, 4) is 5.75 Å². The molecule has 1 amide bonds. The van der Waals surface area contributed by atoms with Crippen LogP contribution in [0, 0.1) is 0 Å². The zero-order chi connectivity index (χ0) is 13.5. The van der Waals surface area contributed by atoms with Gasteiger partial charge >= 0.3 is 0 Å². The van der Waals surface area contributed by atoms with Crippen molar-refractivity contribution in [3.05, 3.63) is 27.7 Å². The van der Waals surface area contributed by atoms with Crippen molar-refractivity contribution in [2.45, 2.75) is 6.10 Å². The summed E-state index contributed by atoms with van der Waals surface area (Å²) in [6.07, 6.45) is -0.967. The highest BCUT2D eigenvalue weighted by Crippen LogP contribution is 2.27. The molecule has 1 aromatic carbocycles. The molecule has 0 saturated carbocycles. The van der Waals surface area contributed by atoms with Crippen molar-refractivity contribution in [2.24, 2.45) is 0 Å². The van der Waals surface area contributed by atoms with Crippen LogP contribution in [-0.4, -0.2) is 42.0 Å². The molecule has 0 aromatic heterocycles. The van der Waals surface area contributed by atoms with Crippen LogP contribution >= 0.6 is 27.5 Å². The second-order valence-electron chi connectivity index (χ2n) is 3.50. The van der Waals surface area contributed by atoms with E-state index >= 15 is 0 Å². The van der Waals surface area contributed by atoms with E-state index in [1.54, 1.807) is 18.2 Å². The summed E-state index contributed by atoms with van der Waals surface area (Å²) >= 11 is 9.16. The Morgan fingerprint density at radius 1 is 1.56 bits per heavy atom. The molecule has 1 aromatic rings. The van der Waals surface area contributed by atoms with Crippen molar-refractivity contribution >= 4 is 33.4 Å². The van der Waals surface area contributed by atoms with Gasteiger partial charge in [-0.1, -0.05) is 27.5 Å². The normalized spacial score (nSPS) is 12.0. The zero-order valence-corrected chi connectivity index (χ0v) is 11.7. The van der Waals surface area contributed by atoms with Gasteiger partial charge in [0.25, 0.3) is 5.91 Å². The molecule has 3 N–H and O–H groups in total. The lowest BCUT2D eigenvalue weighted by Crippen LogP contribution is -2.36. The van der Waals surface area contributed by atoms with Crippen molar-refractivity contribution in [3.63, 3.8) is 0 Å². The van der Waals surface area contributed by atoms with Crippen LogP contribution in [0.4, 0.5) is 0 Å². The smallest absolute Gasteiger partial charge is 0.258 e. The van der Waals surface area contributed by atoms with Gasteiger partial charge in [-0.3, -0.25) is 4.79 Å². The standard InChI is InChI=1S/C11H13BrClNO4/c12-7-1-2-10(9(13)3-7)18-6-11(17)14-4-8(16)5-15/h1-3,8,15-16H,4-6H2,(H,14,17). The Labute approximate surface area is 118 Å². The van der Waals surface area contributed by atoms with Gasteiger partial charge in [0.1, 0.15) is 5.75 Å². The quantitative estimate of drug-likeness (QED) is 0.722. The third-order valence-electron chi connectivity index (χ3n) is 2.00. The number of aliphatic hydroxyl groups excluding tert-OH is 2. The largest absolute Gasteiger partial charge is 0.482 e. The first-order valence-electron chi connectivity index (χ1n) is 5.16. The van der Waals surface area contributed by atoms with Gasteiger partial charge in [-0.2, -0.15) is 0 Å². The van der Waals surface area contributed by atoms with Crippen LogP contribution in [0.2, 0.25) is 5.02 Å². The number of amides is 1. The average molecular weight is 339 g/mol. The molecule has 0 aliphatic heterocycles. The van der Waals surface area contributed by atoms with Crippen LogP contribution in [0.3, 0.4) is 0 Å². The number of hydrogen-bond donors (Lipinski definition) is 3. The summed E-state index contributed by atoms with van der Waals surface area (Å²) in [6, 6.07) is 5.04. The van der Waals surface area contributed by atoms with E-state index in [9.17, 15) is 4.79 Å². The number of ether oxygens (including phenoxy) is 1. The number of carbonyl (C=O) groups excluding carboxylic acids is 1. The molecule has 18 heavy (non-hydrogen) atoms. The number of aliphatic hydroxyl groups is 2. The summed E-state index contributed by atoms with van der Waals surface area (Å²) in [6.45, 7) is -0.633. The SMILES string of the molecule is O=C(COc1ccc(Br)cc1Cl)NCC(O)CO. The third-order valence-corrected chi connectivity index (χ3v) is 2.79. The van der Waals surface area contributed by atoms with Crippen molar-refractivity contribution in [1.82, 2.24) is 5.32 Å². The molecule has 0 spiro atoms. The molecule has 0 radical (unpaired) electrons. The first-order chi connectivity index (χ1) is 8.52. The van der Waals surface area contributed by atoms with Crippen LogP contribution in [0.5, 0.6) is 5.75 Å². The second-order valence-corrected chi connectivity index (χ2v) is 4.83. The van der Waals surface area contributed by atoms with Gasteiger partial charge in [0, 0.05) is 11.0 Å². The fraction of sp³-hybridized carbons (Fsp3) is 0.364. The maximum Gasteiger partial charge on any atom is 0.258 e. The van der Waals surface area contributed by atoms with Gasteiger partial charge in [0.05, 0.1) is 17.7 Å². The lowest BCUT2D eigenvalue weighted by atomic mass is 10.3. The lowest BCUT2D eigenvalue weighted by Gasteiger charge is -2.10. The molecular weight excluding hydrogens is 325 g/mol. The van der Waals surface area contributed by atoms with E-state index < -0.39 is 18.6 Å². The fourth-order valence-corrected chi connectivity index (χ4v) is 1.81. The molecule has 0 aliphatic carbocycles. The number of nitrogens with one attached hydrogen (secondary N) is 1. The van der Waals surface area contributed by atoms with Crippen LogP contribution in [0.25, 0.3) is 0 Å². The molecule has 0 aliphatic rings. The zero-order valence-electron chi connectivity index (χ0n) is 9.40. The minimum atomic E-state index is -0.967. The van der Waals surface area contributed by atoms with Gasteiger partial charge in [0.15, 0.2) is 6.61 Å². The van der Waals surface area contributed by atoms with Gasteiger partial charge in [-0.25, -0.2) is 0 Å². The Morgan fingerprint density at radius 3 is 2.89 bits per heavy atom. The number of halogens is 2. The van der Waals surface area contributed by atoms with Gasteiger partial charge in [0.2, 0.25) is 0 Å². The molecule has 0 heterocycles. The van der Waals surface area contributed by atoms with E-state index in [1.165, 1.54) is 0 Å².